The van der Waals surface area contributed by atoms with Gasteiger partial charge in [0, 0.05) is 10.7 Å². The maximum Gasteiger partial charge on any atom is 0.261 e. The molecule has 3 nitrogen and oxygen atoms in total. The van der Waals surface area contributed by atoms with Crippen molar-refractivity contribution >= 4 is 19.7 Å². The van der Waals surface area contributed by atoms with E-state index >= 15 is 0 Å². The van der Waals surface area contributed by atoms with Crippen molar-refractivity contribution in [1.29, 1.82) is 0 Å². The Bertz CT molecular complexity index is 483. The standard InChI is InChI=1S/C11H14ClFO3S/c1-3-8(4-2)16-11-6-5-9(7-10(11)13)17(12,14)15/h5-8H,3-4H2,1-2H3. The summed E-state index contributed by atoms with van der Waals surface area (Å²) in [4.78, 5) is -0.270. The number of benzene rings is 1. The Balaban J connectivity index is 2.98. The zero-order chi connectivity index (χ0) is 13.1. The van der Waals surface area contributed by atoms with Crippen LogP contribution in [0.1, 0.15) is 26.7 Å². The van der Waals surface area contributed by atoms with E-state index in [4.69, 9.17) is 15.4 Å². The first-order valence-corrected chi connectivity index (χ1v) is 7.60. The van der Waals surface area contributed by atoms with Gasteiger partial charge in [0.05, 0.1) is 11.0 Å². The number of halogens is 2. The fourth-order valence-electron chi connectivity index (χ4n) is 1.36. The molecule has 0 atom stereocenters. The monoisotopic (exact) mass is 280 g/mol. The average molecular weight is 281 g/mol. The minimum absolute atomic E-state index is 0.0442. The van der Waals surface area contributed by atoms with Crippen molar-refractivity contribution in [2.24, 2.45) is 0 Å². The van der Waals surface area contributed by atoms with Gasteiger partial charge < -0.3 is 4.74 Å². The Labute approximate surface area is 105 Å². The Morgan fingerprint density at radius 3 is 2.35 bits per heavy atom. The summed E-state index contributed by atoms with van der Waals surface area (Å²) < 4.78 is 40.9. The maximum absolute atomic E-state index is 13.6. The first-order chi connectivity index (χ1) is 7.88. The van der Waals surface area contributed by atoms with Crippen LogP contribution in [0.2, 0.25) is 0 Å². The number of hydrogen-bond donors (Lipinski definition) is 0. The second-order valence-corrected chi connectivity index (χ2v) is 6.15. The predicted octanol–water partition coefficient (Wildman–Crippen LogP) is 3.32. The third kappa shape index (κ3) is 3.85. The minimum Gasteiger partial charge on any atom is -0.487 e. The normalized spacial score (nSPS) is 11.8. The lowest BCUT2D eigenvalue weighted by Crippen LogP contribution is -2.14. The van der Waals surface area contributed by atoms with Crippen LogP contribution in [0.3, 0.4) is 0 Å². The molecule has 0 aliphatic rings. The van der Waals surface area contributed by atoms with E-state index in [1.807, 2.05) is 13.8 Å². The molecule has 96 valence electrons. The molecule has 1 aromatic carbocycles. The van der Waals surface area contributed by atoms with Gasteiger partial charge in [0.15, 0.2) is 11.6 Å². The molecule has 0 N–H and O–H groups in total. The van der Waals surface area contributed by atoms with E-state index in [0.29, 0.717) is 0 Å². The first-order valence-electron chi connectivity index (χ1n) is 5.29. The molecular formula is C11H14ClFO3S. The summed E-state index contributed by atoms with van der Waals surface area (Å²) >= 11 is 0. The van der Waals surface area contributed by atoms with Gasteiger partial charge in [-0.15, -0.1) is 0 Å². The highest BCUT2D eigenvalue weighted by Gasteiger charge is 2.15. The van der Waals surface area contributed by atoms with E-state index in [2.05, 4.69) is 0 Å². The second-order valence-electron chi connectivity index (χ2n) is 3.59. The van der Waals surface area contributed by atoms with Crippen LogP contribution < -0.4 is 4.74 Å². The van der Waals surface area contributed by atoms with Crippen molar-refractivity contribution in [3.8, 4) is 5.75 Å². The average Bonchev–Trinajstić information content (AvgIpc) is 2.26. The van der Waals surface area contributed by atoms with E-state index in [0.717, 1.165) is 18.9 Å². The molecule has 0 unspecified atom stereocenters. The quantitative estimate of drug-likeness (QED) is 0.777. The minimum atomic E-state index is -3.91. The van der Waals surface area contributed by atoms with Gasteiger partial charge in [-0.3, -0.25) is 0 Å². The summed E-state index contributed by atoms with van der Waals surface area (Å²) in [7, 11) is 1.20. The van der Waals surface area contributed by atoms with Crippen LogP contribution in [-0.4, -0.2) is 14.5 Å². The second kappa shape index (κ2) is 5.69. The van der Waals surface area contributed by atoms with E-state index < -0.39 is 14.9 Å². The third-order valence-electron chi connectivity index (χ3n) is 2.39. The van der Waals surface area contributed by atoms with E-state index in [-0.39, 0.29) is 16.7 Å². The summed E-state index contributed by atoms with van der Waals surface area (Å²) in [5.41, 5.74) is 0. The van der Waals surface area contributed by atoms with Gasteiger partial charge in [0.2, 0.25) is 0 Å². The summed E-state index contributed by atoms with van der Waals surface area (Å²) in [6, 6.07) is 3.37. The summed E-state index contributed by atoms with van der Waals surface area (Å²) in [5, 5.41) is 0. The Kier molecular flexibility index (Phi) is 4.77. The lowest BCUT2D eigenvalue weighted by Gasteiger charge is -2.16. The highest BCUT2D eigenvalue weighted by Crippen LogP contribution is 2.24. The molecule has 0 radical (unpaired) electrons. The van der Waals surface area contributed by atoms with E-state index in [9.17, 15) is 12.8 Å². The molecule has 0 bridgehead atoms. The summed E-state index contributed by atoms with van der Waals surface area (Å²) in [6.45, 7) is 3.87. The summed E-state index contributed by atoms with van der Waals surface area (Å²) in [5.74, 6) is -0.679. The molecule has 0 amide bonds. The first kappa shape index (κ1) is 14.3. The van der Waals surface area contributed by atoms with Crippen molar-refractivity contribution in [3.63, 3.8) is 0 Å². The lowest BCUT2D eigenvalue weighted by molar-refractivity contribution is 0.184. The smallest absolute Gasteiger partial charge is 0.261 e. The molecular weight excluding hydrogens is 267 g/mol. The largest absolute Gasteiger partial charge is 0.487 e. The molecule has 1 aromatic rings. The molecule has 1 rings (SSSR count). The number of ether oxygens (including phenoxy) is 1. The zero-order valence-electron chi connectivity index (χ0n) is 9.61. The fourth-order valence-corrected chi connectivity index (χ4v) is 2.13. The zero-order valence-corrected chi connectivity index (χ0v) is 11.2. The highest BCUT2D eigenvalue weighted by atomic mass is 35.7. The molecule has 0 aliphatic carbocycles. The predicted molar refractivity (Wildman–Crippen MR) is 64.4 cm³/mol. The Morgan fingerprint density at radius 1 is 1.35 bits per heavy atom. The van der Waals surface area contributed by atoms with Crippen LogP contribution in [0.25, 0.3) is 0 Å². The van der Waals surface area contributed by atoms with Gasteiger partial charge in [-0.25, -0.2) is 12.8 Å². The van der Waals surface area contributed by atoms with Crippen LogP contribution in [0.15, 0.2) is 23.1 Å². The Morgan fingerprint density at radius 2 is 1.94 bits per heavy atom. The SMILES string of the molecule is CCC(CC)Oc1ccc(S(=O)(=O)Cl)cc1F. The highest BCUT2D eigenvalue weighted by molar-refractivity contribution is 8.13. The number of rotatable bonds is 5. The van der Waals surface area contributed by atoms with Crippen LogP contribution in [0.5, 0.6) is 5.75 Å². The van der Waals surface area contributed by atoms with Gasteiger partial charge in [-0.2, -0.15) is 0 Å². The molecule has 0 saturated carbocycles. The van der Waals surface area contributed by atoms with Crippen molar-refractivity contribution in [2.75, 3.05) is 0 Å². The molecule has 0 fully saturated rings. The van der Waals surface area contributed by atoms with Gasteiger partial charge >= 0.3 is 0 Å². The van der Waals surface area contributed by atoms with E-state index in [1.54, 1.807) is 0 Å². The lowest BCUT2D eigenvalue weighted by atomic mass is 10.2. The molecule has 0 heterocycles. The van der Waals surface area contributed by atoms with Crippen LogP contribution in [0.4, 0.5) is 4.39 Å². The van der Waals surface area contributed by atoms with E-state index in [1.165, 1.54) is 12.1 Å². The van der Waals surface area contributed by atoms with Gasteiger partial charge in [0.1, 0.15) is 0 Å². The number of hydrogen-bond acceptors (Lipinski definition) is 3. The molecule has 17 heavy (non-hydrogen) atoms. The van der Waals surface area contributed by atoms with Crippen molar-refractivity contribution in [3.05, 3.63) is 24.0 Å². The van der Waals surface area contributed by atoms with Crippen molar-refractivity contribution in [1.82, 2.24) is 0 Å². The van der Waals surface area contributed by atoms with Gasteiger partial charge in [0.25, 0.3) is 9.05 Å². The molecule has 0 aromatic heterocycles. The van der Waals surface area contributed by atoms with Crippen LogP contribution >= 0.6 is 10.7 Å². The fraction of sp³-hybridized carbons (Fsp3) is 0.455. The molecule has 6 heteroatoms. The van der Waals surface area contributed by atoms with Crippen molar-refractivity contribution < 1.29 is 17.5 Å². The maximum atomic E-state index is 13.6. The molecule has 0 aliphatic heterocycles. The Hall–Kier alpha value is -0.810. The summed E-state index contributed by atoms with van der Waals surface area (Å²) in [6.07, 6.45) is 1.43. The third-order valence-corrected chi connectivity index (χ3v) is 3.74. The molecule has 0 spiro atoms. The van der Waals surface area contributed by atoms with Gasteiger partial charge in [-0.05, 0) is 31.0 Å². The van der Waals surface area contributed by atoms with Gasteiger partial charge in [-0.1, -0.05) is 13.8 Å². The molecule has 0 saturated heterocycles. The topological polar surface area (TPSA) is 43.4 Å². The van der Waals surface area contributed by atoms with Crippen molar-refractivity contribution in [2.45, 2.75) is 37.7 Å². The van der Waals surface area contributed by atoms with Crippen LogP contribution in [-0.2, 0) is 9.05 Å². The van der Waals surface area contributed by atoms with Crippen LogP contribution in [0, 0.1) is 5.82 Å².